The van der Waals surface area contributed by atoms with E-state index in [1.165, 1.54) is 31.9 Å². The van der Waals surface area contributed by atoms with Gasteiger partial charge in [-0.3, -0.25) is 4.79 Å². The van der Waals surface area contributed by atoms with Crippen LogP contribution in [0.1, 0.15) is 53.5 Å². The number of anilines is 1. The normalized spacial score (nSPS) is 15.2. The molecule has 1 aromatic carbocycles. The van der Waals surface area contributed by atoms with E-state index in [4.69, 9.17) is 0 Å². The zero-order valence-electron chi connectivity index (χ0n) is 14.7. The monoisotopic (exact) mass is 333 g/mol. The molecule has 2 aromatic rings. The van der Waals surface area contributed by atoms with Crippen LogP contribution in [-0.2, 0) is 0 Å². The Hall–Kier alpha value is -2.80. The topological polar surface area (TPSA) is 57.8 Å². The van der Waals surface area contributed by atoms with Crippen LogP contribution < -0.4 is 5.32 Å². The van der Waals surface area contributed by atoms with Gasteiger partial charge in [-0.1, -0.05) is 31.0 Å². The summed E-state index contributed by atoms with van der Waals surface area (Å²) < 4.78 is 2.28. The fraction of sp³-hybridized carbons (Fsp3) is 0.333. The summed E-state index contributed by atoms with van der Waals surface area (Å²) in [5.41, 5.74) is 3.67. The van der Waals surface area contributed by atoms with Crippen molar-refractivity contribution in [2.24, 2.45) is 0 Å². The fourth-order valence-electron chi connectivity index (χ4n) is 3.71. The van der Waals surface area contributed by atoms with Crippen LogP contribution in [0.2, 0.25) is 0 Å². The molecule has 128 valence electrons. The summed E-state index contributed by atoms with van der Waals surface area (Å²) in [6.07, 6.45) is 6.32. The summed E-state index contributed by atoms with van der Waals surface area (Å²) in [4.78, 5) is 12.9. The number of aryl methyl sites for hydroxylation is 1. The molecule has 1 aromatic heterocycles. The van der Waals surface area contributed by atoms with E-state index < -0.39 is 0 Å². The molecule has 1 aliphatic rings. The van der Waals surface area contributed by atoms with Crippen molar-refractivity contribution in [2.45, 2.75) is 45.6 Å². The van der Waals surface area contributed by atoms with Crippen molar-refractivity contribution in [3.8, 4) is 6.07 Å². The Bertz CT molecular complexity index is 834. The number of nitrogens with one attached hydrogen (secondary N) is 1. The molecule has 1 saturated carbocycles. The largest absolute Gasteiger partial charge is 0.360 e. The zero-order valence-corrected chi connectivity index (χ0v) is 14.7. The van der Waals surface area contributed by atoms with Crippen molar-refractivity contribution in [3.63, 3.8) is 0 Å². The Morgan fingerprint density at radius 3 is 2.56 bits per heavy atom. The summed E-state index contributed by atoms with van der Waals surface area (Å²) in [5, 5.41) is 12.5. The van der Waals surface area contributed by atoms with E-state index in [1.807, 2.05) is 56.3 Å². The first kappa shape index (κ1) is 17.0. The second kappa shape index (κ2) is 7.40. The predicted molar refractivity (Wildman–Crippen MR) is 99.5 cm³/mol. The molecule has 4 heteroatoms. The van der Waals surface area contributed by atoms with Gasteiger partial charge in [0.2, 0.25) is 5.78 Å². The van der Waals surface area contributed by atoms with Crippen LogP contribution in [0.25, 0.3) is 0 Å². The van der Waals surface area contributed by atoms with Gasteiger partial charge < -0.3 is 9.88 Å². The van der Waals surface area contributed by atoms with E-state index in [0.29, 0.717) is 11.6 Å². The van der Waals surface area contributed by atoms with Crippen LogP contribution in [0.3, 0.4) is 0 Å². The van der Waals surface area contributed by atoms with Gasteiger partial charge in [0.1, 0.15) is 11.6 Å². The molecule has 0 bridgehead atoms. The maximum Gasteiger partial charge on any atom is 0.206 e. The lowest BCUT2D eigenvalue weighted by atomic mass is 10.1. The fourth-order valence-corrected chi connectivity index (χ4v) is 3.71. The van der Waals surface area contributed by atoms with Crippen molar-refractivity contribution < 1.29 is 4.79 Å². The number of hydrogen-bond donors (Lipinski definition) is 1. The number of hydrogen-bond acceptors (Lipinski definition) is 3. The molecule has 0 unspecified atom stereocenters. The molecule has 0 saturated heterocycles. The van der Waals surface area contributed by atoms with Crippen LogP contribution in [0.5, 0.6) is 0 Å². The molecule has 0 radical (unpaired) electrons. The molecule has 1 aliphatic carbocycles. The summed E-state index contributed by atoms with van der Waals surface area (Å²) in [6, 6.07) is 13.9. The van der Waals surface area contributed by atoms with Gasteiger partial charge in [0, 0.05) is 34.9 Å². The number of ketones is 1. The lowest BCUT2D eigenvalue weighted by Gasteiger charge is -2.17. The average Bonchev–Trinajstić information content (AvgIpc) is 3.24. The highest BCUT2D eigenvalue weighted by molar-refractivity contribution is 6.12. The van der Waals surface area contributed by atoms with Crippen LogP contribution in [0, 0.1) is 25.2 Å². The highest BCUT2D eigenvalue weighted by atomic mass is 16.1. The van der Waals surface area contributed by atoms with Crippen molar-refractivity contribution in [1.82, 2.24) is 4.57 Å². The van der Waals surface area contributed by atoms with Gasteiger partial charge in [-0.15, -0.1) is 0 Å². The van der Waals surface area contributed by atoms with Gasteiger partial charge in [-0.2, -0.15) is 5.26 Å². The van der Waals surface area contributed by atoms with Crippen LogP contribution in [-0.4, -0.2) is 10.4 Å². The minimum absolute atomic E-state index is 0.121. The van der Waals surface area contributed by atoms with E-state index in [1.54, 1.807) is 0 Å². The Labute approximate surface area is 148 Å². The second-order valence-corrected chi connectivity index (χ2v) is 6.60. The summed E-state index contributed by atoms with van der Waals surface area (Å²) >= 11 is 0. The van der Waals surface area contributed by atoms with E-state index in [0.717, 1.165) is 17.1 Å². The lowest BCUT2D eigenvalue weighted by Crippen LogP contribution is -2.10. The number of para-hydroxylation sites is 1. The van der Waals surface area contributed by atoms with Gasteiger partial charge >= 0.3 is 0 Å². The number of allylic oxidation sites excluding steroid dienone is 1. The highest BCUT2D eigenvalue weighted by Gasteiger charge is 2.24. The van der Waals surface area contributed by atoms with E-state index in [-0.39, 0.29) is 11.4 Å². The summed E-state index contributed by atoms with van der Waals surface area (Å²) in [7, 11) is 0. The molecule has 4 nitrogen and oxygen atoms in total. The zero-order chi connectivity index (χ0) is 17.8. The van der Waals surface area contributed by atoms with E-state index in [9.17, 15) is 10.1 Å². The Morgan fingerprint density at radius 2 is 1.92 bits per heavy atom. The molecule has 1 N–H and O–H groups in total. The number of Topliss-reactive ketones (excluding diaryl/α,β-unsaturated/α-hetero) is 1. The number of aromatic nitrogens is 1. The smallest absolute Gasteiger partial charge is 0.206 e. The molecule has 0 atom stereocenters. The maximum absolute atomic E-state index is 12.9. The predicted octanol–water partition coefficient (Wildman–Crippen LogP) is 4.92. The Kier molecular flexibility index (Phi) is 5.04. The molecule has 0 aliphatic heterocycles. The number of benzene rings is 1. The van der Waals surface area contributed by atoms with Gasteiger partial charge in [-0.05, 0) is 44.9 Å². The first-order valence-corrected chi connectivity index (χ1v) is 8.77. The molecule has 0 spiro atoms. The number of carbonyl (C=O) groups excluding carboxylic acids is 1. The van der Waals surface area contributed by atoms with Crippen molar-refractivity contribution in [2.75, 3.05) is 5.32 Å². The minimum atomic E-state index is -0.219. The molecule has 1 heterocycles. The van der Waals surface area contributed by atoms with E-state index >= 15 is 0 Å². The summed E-state index contributed by atoms with van der Waals surface area (Å²) in [6.45, 7) is 4.03. The van der Waals surface area contributed by atoms with Gasteiger partial charge in [0.05, 0.1) is 0 Å². The first-order valence-electron chi connectivity index (χ1n) is 8.77. The second-order valence-electron chi connectivity index (χ2n) is 6.60. The minimum Gasteiger partial charge on any atom is -0.360 e. The lowest BCUT2D eigenvalue weighted by molar-refractivity contribution is 0.103. The SMILES string of the molecule is Cc1cc(C(=O)C(C#N)=CNc2ccccc2)c(C)n1C1CCCC1. The average molecular weight is 333 g/mol. The third-order valence-corrected chi connectivity index (χ3v) is 4.94. The molecular weight excluding hydrogens is 310 g/mol. The number of nitrogens with zero attached hydrogens (tertiary/aromatic N) is 2. The molecule has 25 heavy (non-hydrogen) atoms. The van der Waals surface area contributed by atoms with Crippen molar-refractivity contribution in [1.29, 1.82) is 5.26 Å². The summed E-state index contributed by atoms with van der Waals surface area (Å²) in [5.74, 6) is -0.219. The number of nitriles is 1. The number of rotatable bonds is 5. The Morgan fingerprint density at radius 1 is 1.24 bits per heavy atom. The standard InChI is InChI=1S/C21H23N3O/c1-15-12-20(16(2)24(15)19-10-6-7-11-19)21(25)17(13-22)14-23-18-8-4-3-5-9-18/h3-5,8-9,12,14,19,23H,6-7,10-11H2,1-2H3. The Balaban J connectivity index is 1.86. The van der Waals surface area contributed by atoms with E-state index in [2.05, 4.69) is 9.88 Å². The number of carbonyl (C=O) groups is 1. The van der Waals surface area contributed by atoms with Crippen LogP contribution >= 0.6 is 0 Å². The third kappa shape index (κ3) is 3.51. The molecule has 1 fully saturated rings. The van der Waals surface area contributed by atoms with Crippen LogP contribution in [0.4, 0.5) is 5.69 Å². The quantitative estimate of drug-likeness (QED) is 0.480. The first-order chi connectivity index (χ1) is 12.1. The van der Waals surface area contributed by atoms with Crippen molar-refractivity contribution in [3.05, 3.63) is 65.1 Å². The van der Waals surface area contributed by atoms with Gasteiger partial charge in [0.15, 0.2) is 0 Å². The molecular formula is C21H23N3O. The third-order valence-electron chi connectivity index (χ3n) is 4.94. The molecule has 0 amide bonds. The van der Waals surface area contributed by atoms with Crippen LogP contribution in [0.15, 0.2) is 48.2 Å². The van der Waals surface area contributed by atoms with Crippen molar-refractivity contribution >= 4 is 11.5 Å². The maximum atomic E-state index is 12.9. The van der Waals surface area contributed by atoms with Gasteiger partial charge in [0.25, 0.3) is 0 Å². The molecule has 3 rings (SSSR count). The van der Waals surface area contributed by atoms with Gasteiger partial charge in [-0.25, -0.2) is 0 Å². The highest BCUT2D eigenvalue weighted by Crippen LogP contribution is 2.33.